The Balaban J connectivity index is 1.33. The number of aromatic carboxylic acids is 1. The molecule has 1 saturated carbocycles. The molecule has 4 heterocycles. The third kappa shape index (κ3) is 4.47. The molecule has 5 rings (SSSR count). The van der Waals surface area contributed by atoms with E-state index >= 15 is 0 Å². The zero-order valence-corrected chi connectivity index (χ0v) is 18.5. The van der Waals surface area contributed by atoms with Crippen molar-refractivity contribution in [2.45, 2.75) is 31.7 Å². The van der Waals surface area contributed by atoms with Gasteiger partial charge in [-0.15, -0.1) is 0 Å². The van der Waals surface area contributed by atoms with Crippen LogP contribution < -0.4 is 10.2 Å². The number of rotatable bonds is 7. The van der Waals surface area contributed by atoms with E-state index in [9.17, 15) is 14.3 Å². The van der Waals surface area contributed by atoms with Gasteiger partial charge in [0, 0.05) is 50.3 Å². The van der Waals surface area contributed by atoms with Gasteiger partial charge in [-0.2, -0.15) is 4.98 Å². The normalized spacial score (nSPS) is 17.7. The van der Waals surface area contributed by atoms with E-state index in [4.69, 9.17) is 0 Å². The summed E-state index contributed by atoms with van der Waals surface area (Å²) in [5, 5.41) is 13.6. The van der Waals surface area contributed by atoms with Gasteiger partial charge < -0.3 is 19.9 Å². The molecule has 1 aliphatic heterocycles. The zero-order chi connectivity index (χ0) is 22.8. The maximum absolute atomic E-state index is 12.5. The molecule has 2 aliphatic rings. The average Bonchev–Trinajstić information content (AvgIpc) is 3.48. The molecule has 174 valence electrons. The third-order valence-electron chi connectivity index (χ3n) is 6.61. The molecule has 1 saturated heterocycles. The molecule has 0 radical (unpaired) electrons. The number of hydrogen-bond donors (Lipinski definition) is 2. The van der Waals surface area contributed by atoms with Crippen LogP contribution in [0.25, 0.3) is 11.0 Å². The first-order chi connectivity index (χ1) is 16.1. The second kappa shape index (κ2) is 9.30. The van der Waals surface area contributed by atoms with E-state index < -0.39 is 5.97 Å². The second-order valence-electron chi connectivity index (χ2n) is 8.66. The Morgan fingerprint density at radius 3 is 2.58 bits per heavy atom. The lowest BCUT2D eigenvalue weighted by atomic mass is 10.2. The van der Waals surface area contributed by atoms with E-state index in [-0.39, 0.29) is 18.4 Å². The molecule has 0 spiro atoms. The van der Waals surface area contributed by atoms with Crippen LogP contribution >= 0.6 is 0 Å². The van der Waals surface area contributed by atoms with Crippen LogP contribution in [0.3, 0.4) is 0 Å². The van der Waals surface area contributed by atoms with E-state index in [0.717, 1.165) is 62.9 Å². The van der Waals surface area contributed by atoms with Gasteiger partial charge >= 0.3 is 5.97 Å². The molecule has 33 heavy (non-hydrogen) atoms. The van der Waals surface area contributed by atoms with E-state index in [1.807, 2.05) is 22.9 Å². The van der Waals surface area contributed by atoms with Crippen molar-refractivity contribution in [2.75, 3.05) is 49.6 Å². The van der Waals surface area contributed by atoms with Crippen LogP contribution in [0.4, 0.5) is 21.8 Å². The molecule has 2 N–H and O–H groups in total. The topological polar surface area (TPSA) is 99.4 Å². The SMILES string of the molecule is O=C(O)c1cc2cnc(Nc3ccc(N4CCN(CCF)CC4)cn3)nc2n1C1CCCC1. The number of carbonyl (C=O) groups is 1. The lowest BCUT2D eigenvalue weighted by Gasteiger charge is -2.35. The summed E-state index contributed by atoms with van der Waals surface area (Å²) >= 11 is 0. The van der Waals surface area contributed by atoms with E-state index in [1.54, 1.807) is 12.3 Å². The van der Waals surface area contributed by atoms with Gasteiger partial charge in [-0.3, -0.25) is 4.90 Å². The Kier molecular flexibility index (Phi) is 6.08. The van der Waals surface area contributed by atoms with Crippen molar-refractivity contribution >= 4 is 34.5 Å². The minimum Gasteiger partial charge on any atom is -0.477 e. The van der Waals surface area contributed by atoms with Gasteiger partial charge in [0.25, 0.3) is 0 Å². The van der Waals surface area contributed by atoms with Crippen LogP contribution in [-0.4, -0.2) is 74.9 Å². The van der Waals surface area contributed by atoms with Gasteiger partial charge in [-0.25, -0.2) is 19.2 Å². The molecule has 3 aromatic rings. The minimum absolute atomic E-state index is 0.152. The first kappa shape index (κ1) is 21.6. The fourth-order valence-electron chi connectivity index (χ4n) is 4.88. The minimum atomic E-state index is -0.947. The van der Waals surface area contributed by atoms with Crippen molar-refractivity contribution in [3.05, 3.63) is 36.3 Å². The number of nitrogens with zero attached hydrogens (tertiary/aromatic N) is 6. The number of fused-ring (bicyclic) bond motifs is 1. The maximum atomic E-state index is 12.5. The summed E-state index contributed by atoms with van der Waals surface area (Å²) in [5.41, 5.74) is 1.93. The fraction of sp³-hybridized carbons (Fsp3) is 0.478. The predicted octanol–water partition coefficient (Wildman–Crippen LogP) is 3.47. The van der Waals surface area contributed by atoms with Crippen molar-refractivity contribution in [1.82, 2.24) is 24.4 Å². The number of aromatic nitrogens is 4. The highest BCUT2D eigenvalue weighted by molar-refractivity contribution is 5.93. The number of pyridine rings is 1. The highest BCUT2D eigenvalue weighted by Gasteiger charge is 2.25. The summed E-state index contributed by atoms with van der Waals surface area (Å²) in [6.45, 7) is 3.57. The molecule has 0 amide bonds. The summed E-state index contributed by atoms with van der Waals surface area (Å²) in [4.78, 5) is 29.7. The first-order valence-electron chi connectivity index (χ1n) is 11.5. The molecule has 1 aliphatic carbocycles. The Labute approximate surface area is 191 Å². The van der Waals surface area contributed by atoms with Gasteiger partial charge in [0.05, 0.1) is 11.9 Å². The van der Waals surface area contributed by atoms with Gasteiger partial charge in [0.15, 0.2) is 0 Å². The van der Waals surface area contributed by atoms with Gasteiger partial charge in [0.1, 0.15) is 23.8 Å². The van der Waals surface area contributed by atoms with Crippen LogP contribution in [-0.2, 0) is 0 Å². The zero-order valence-electron chi connectivity index (χ0n) is 18.5. The van der Waals surface area contributed by atoms with Gasteiger partial charge in [-0.1, -0.05) is 12.8 Å². The second-order valence-corrected chi connectivity index (χ2v) is 8.66. The van der Waals surface area contributed by atoms with E-state index in [2.05, 4.69) is 30.1 Å². The summed E-state index contributed by atoms with van der Waals surface area (Å²) in [7, 11) is 0. The van der Waals surface area contributed by atoms with Crippen LogP contribution in [0.2, 0.25) is 0 Å². The number of hydrogen-bond acceptors (Lipinski definition) is 7. The standard InChI is InChI=1S/C23H28FN7O2/c24-7-8-29-9-11-30(12-10-29)18-5-6-20(25-15-18)27-23-26-14-16-13-19(22(32)33)31(21(16)28-23)17-3-1-2-4-17/h5-6,13-15,17H,1-4,7-12H2,(H,32,33)(H,25,26,27,28). The molecule has 9 nitrogen and oxygen atoms in total. The van der Waals surface area contributed by atoms with Crippen LogP contribution in [0.5, 0.6) is 0 Å². The molecule has 2 fully saturated rings. The Bertz CT molecular complexity index is 1120. The monoisotopic (exact) mass is 453 g/mol. The molecule has 3 aromatic heterocycles. The summed E-state index contributed by atoms with van der Waals surface area (Å²) in [6.07, 6.45) is 7.59. The molecule has 0 unspecified atom stereocenters. The van der Waals surface area contributed by atoms with Crippen LogP contribution in [0.1, 0.15) is 42.2 Å². The number of anilines is 3. The molecule has 0 bridgehead atoms. The summed E-state index contributed by atoms with van der Waals surface area (Å²) < 4.78 is 14.4. The summed E-state index contributed by atoms with van der Waals surface area (Å²) in [5.74, 6) is 0.0562. The molecule has 0 aromatic carbocycles. The molecule has 10 heteroatoms. The number of alkyl halides is 1. The molecule has 0 atom stereocenters. The Morgan fingerprint density at radius 1 is 1.12 bits per heavy atom. The Hall–Kier alpha value is -3.27. The van der Waals surface area contributed by atoms with Crippen LogP contribution in [0, 0.1) is 0 Å². The number of carboxylic acids is 1. The number of nitrogens with one attached hydrogen (secondary N) is 1. The average molecular weight is 454 g/mol. The number of carboxylic acid groups (broad SMARTS) is 1. The van der Waals surface area contributed by atoms with Crippen molar-refractivity contribution in [3.8, 4) is 0 Å². The number of halogens is 1. The molecular weight excluding hydrogens is 425 g/mol. The van der Waals surface area contributed by atoms with Crippen molar-refractivity contribution < 1.29 is 14.3 Å². The van der Waals surface area contributed by atoms with Crippen molar-refractivity contribution in [3.63, 3.8) is 0 Å². The molecular formula is C23H28FN7O2. The lowest BCUT2D eigenvalue weighted by molar-refractivity contribution is 0.0683. The third-order valence-corrected chi connectivity index (χ3v) is 6.61. The lowest BCUT2D eigenvalue weighted by Crippen LogP contribution is -2.47. The van der Waals surface area contributed by atoms with Crippen molar-refractivity contribution in [1.29, 1.82) is 0 Å². The fourth-order valence-corrected chi connectivity index (χ4v) is 4.88. The quantitative estimate of drug-likeness (QED) is 0.561. The summed E-state index contributed by atoms with van der Waals surface area (Å²) in [6, 6.07) is 5.69. The largest absolute Gasteiger partial charge is 0.477 e. The highest BCUT2D eigenvalue weighted by atomic mass is 19.1. The van der Waals surface area contributed by atoms with Crippen LogP contribution in [0.15, 0.2) is 30.6 Å². The number of piperazine rings is 1. The van der Waals surface area contributed by atoms with Crippen molar-refractivity contribution in [2.24, 2.45) is 0 Å². The predicted molar refractivity (Wildman–Crippen MR) is 124 cm³/mol. The first-order valence-corrected chi connectivity index (χ1v) is 11.5. The van der Waals surface area contributed by atoms with Gasteiger partial charge in [0.2, 0.25) is 5.95 Å². The van der Waals surface area contributed by atoms with E-state index in [0.29, 0.717) is 24.0 Å². The Morgan fingerprint density at radius 2 is 1.91 bits per heavy atom. The maximum Gasteiger partial charge on any atom is 0.352 e. The van der Waals surface area contributed by atoms with E-state index in [1.165, 1.54) is 0 Å². The van der Waals surface area contributed by atoms with Gasteiger partial charge in [-0.05, 0) is 31.0 Å². The highest BCUT2D eigenvalue weighted by Crippen LogP contribution is 2.34. The smallest absolute Gasteiger partial charge is 0.352 e.